The minimum atomic E-state index is -0.842. The van der Waals surface area contributed by atoms with Crippen LogP contribution in [0.25, 0.3) is 0 Å². The summed E-state index contributed by atoms with van der Waals surface area (Å²) in [6, 6.07) is 3.17. The van der Waals surface area contributed by atoms with Gasteiger partial charge in [-0.05, 0) is 45.4 Å². The number of halogens is 1. The number of imide groups is 1. The average molecular weight is 310 g/mol. The highest BCUT2D eigenvalue weighted by molar-refractivity contribution is 5.97. The van der Waals surface area contributed by atoms with Crippen LogP contribution in [0.15, 0.2) is 18.2 Å². The molecule has 0 saturated heterocycles. The van der Waals surface area contributed by atoms with Crippen LogP contribution in [-0.2, 0) is 9.53 Å². The summed E-state index contributed by atoms with van der Waals surface area (Å²) in [5.74, 6) is -2.16. The molecule has 3 amide bonds. The molecule has 0 aliphatic carbocycles. The van der Waals surface area contributed by atoms with Gasteiger partial charge in [0.1, 0.15) is 5.82 Å². The molecule has 120 valence electrons. The summed E-state index contributed by atoms with van der Waals surface area (Å²) in [5, 5.41) is 4.55. The van der Waals surface area contributed by atoms with Gasteiger partial charge in [-0.15, -0.1) is 0 Å². The lowest BCUT2D eigenvalue weighted by molar-refractivity contribution is -0.123. The summed E-state index contributed by atoms with van der Waals surface area (Å²) in [6.45, 7) is 6.19. The molecule has 0 aliphatic heterocycles. The van der Waals surface area contributed by atoms with E-state index >= 15 is 0 Å². The Kier molecular flexibility index (Phi) is 5.62. The van der Waals surface area contributed by atoms with Crippen molar-refractivity contribution in [2.75, 3.05) is 6.61 Å². The Morgan fingerprint density at radius 2 is 1.86 bits per heavy atom. The van der Waals surface area contributed by atoms with Gasteiger partial charge in [0.05, 0.1) is 5.56 Å². The summed E-state index contributed by atoms with van der Waals surface area (Å²) in [6.07, 6.45) is 0. The summed E-state index contributed by atoms with van der Waals surface area (Å²) in [5.41, 5.74) is -0.108. The average Bonchev–Trinajstić information content (AvgIpc) is 2.36. The van der Waals surface area contributed by atoms with Gasteiger partial charge in [-0.3, -0.25) is 10.1 Å². The van der Waals surface area contributed by atoms with Crippen LogP contribution in [0.4, 0.5) is 9.18 Å². The smallest absolute Gasteiger partial charge is 0.338 e. The maximum Gasteiger partial charge on any atom is 0.338 e. The monoisotopic (exact) mass is 310 g/mol. The molecule has 0 heterocycles. The van der Waals surface area contributed by atoms with E-state index in [2.05, 4.69) is 5.32 Å². The Hall–Kier alpha value is -2.44. The highest BCUT2D eigenvalue weighted by atomic mass is 19.1. The number of carbonyl (C=O) groups is 3. The van der Waals surface area contributed by atoms with Crippen molar-refractivity contribution in [1.82, 2.24) is 10.6 Å². The van der Waals surface area contributed by atoms with E-state index in [9.17, 15) is 18.8 Å². The minimum Gasteiger partial charge on any atom is -0.452 e. The van der Waals surface area contributed by atoms with Crippen LogP contribution in [-0.4, -0.2) is 30.1 Å². The zero-order chi connectivity index (χ0) is 16.9. The molecule has 0 aliphatic rings. The van der Waals surface area contributed by atoms with Gasteiger partial charge in [0, 0.05) is 5.54 Å². The number of esters is 1. The number of benzene rings is 1. The fourth-order valence-electron chi connectivity index (χ4n) is 1.47. The Labute approximate surface area is 128 Å². The van der Waals surface area contributed by atoms with E-state index < -0.39 is 35.9 Å². The summed E-state index contributed by atoms with van der Waals surface area (Å²) < 4.78 is 18.0. The molecule has 2 N–H and O–H groups in total. The maximum absolute atomic E-state index is 13.3. The van der Waals surface area contributed by atoms with E-state index in [1.54, 1.807) is 27.7 Å². The van der Waals surface area contributed by atoms with Crippen LogP contribution in [0.1, 0.15) is 36.7 Å². The van der Waals surface area contributed by atoms with E-state index in [0.717, 1.165) is 6.07 Å². The highest BCUT2D eigenvalue weighted by Crippen LogP contribution is 2.10. The van der Waals surface area contributed by atoms with Crippen molar-refractivity contribution in [2.45, 2.75) is 33.2 Å². The van der Waals surface area contributed by atoms with E-state index in [1.807, 2.05) is 5.32 Å². The standard InChI is InChI=1S/C15H19FN2O4/c1-9-5-6-10(7-11(9)16)13(20)22-8-12(19)17-14(21)18-15(2,3)4/h5-7H,8H2,1-4H3,(H2,17,18,19,21). The summed E-state index contributed by atoms with van der Waals surface area (Å²) >= 11 is 0. The molecule has 1 aromatic carbocycles. The van der Waals surface area contributed by atoms with Gasteiger partial charge < -0.3 is 10.1 Å². The number of aryl methyl sites for hydroxylation is 1. The van der Waals surface area contributed by atoms with Gasteiger partial charge in [0.2, 0.25) is 0 Å². The van der Waals surface area contributed by atoms with Gasteiger partial charge in [0.15, 0.2) is 6.61 Å². The molecule has 0 spiro atoms. The molecule has 0 fully saturated rings. The SMILES string of the molecule is Cc1ccc(C(=O)OCC(=O)NC(=O)NC(C)(C)C)cc1F. The topological polar surface area (TPSA) is 84.5 Å². The third kappa shape index (κ3) is 5.90. The number of hydrogen-bond donors (Lipinski definition) is 2. The van der Waals surface area contributed by atoms with Crippen molar-refractivity contribution in [3.63, 3.8) is 0 Å². The van der Waals surface area contributed by atoms with Crippen LogP contribution < -0.4 is 10.6 Å². The Morgan fingerprint density at radius 3 is 2.41 bits per heavy atom. The largest absolute Gasteiger partial charge is 0.452 e. The van der Waals surface area contributed by atoms with Crippen LogP contribution >= 0.6 is 0 Å². The molecule has 0 saturated carbocycles. The third-order valence-corrected chi connectivity index (χ3v) is 2.48. The van der Waals surface area contributed by atoms with Gasteiger partial charge in [-0.1, -0.05) is 6.07 Å². The number of ether oxygens (including phenoxy) is 1. The fraction of sp³-hybridized carbons (Fsp3) is 0.400. The van der Waals surface area contributed by atoms with Crippen molar-refractivity contribution in [3.05, 3.63) is 35.1 Å². The molecule has 1 aromatic rings. The van der Waals surface area contributed by atoms with Crippen molar-refractivity contribution in [3.8, 4) is 0 Å². The molecular formula is C15H19FN2O4. The first-order valence-electron chi connectivity index (χ1n) is 6.64. The van der Waals surface area contributed by atoms with E-state index in [-0.39, 0.29) is 5.56 Å². The zero-order valence-electron chi connectivity index (χ0n) is 13.0. The predicted molar refractivity (Wildman–Crippen MR) is 77.8 cm³/mol. The lowest BCUT2D eigenvalue weighted by Crippen LogP contribution is -2.49. The number of amides is 3. The molecule has 0 radical (unpaired) electrons. The van der Waals surface area contributed by atoms with Crippen LogP contribution in [0.3, 0.4) is 0 Å². The number of rotatable bonds is 3. The second-order valence-electron chi connectivity index (χ2n) is 5.79. The molecule has 6 nitrogen and oxygen atoms in total. The van der Waals surface area contributed by atoms with E-state index in [1.165, 1.54) is 12.1 Å². The third-order valence-electron chi connectivity index (χ3n) is 2.48. The number of urea groups is 1. The van der Waals surface area contributed by atoms with Crippen LogP contribution in [0, 0.1) is 12.7 Å². The quantitative estimate of drug-likeness (QED) is 0.835. The van der Waals surface area contributed by atoms with Crippen LogP contribution in [0.5, 0.6) is 0 Å². The molecule has 0 atom stereocenters. The van der Waals surface area contributed by atoms with Crippen molar-refractivity contribution >= 4 is 17.9 Å². The molecule has 7 heteroatoms. The maximum atomic E-state index is 13.3. The fourth-order valence-corrected chi connectivity index (χ4v) is 1.47. The minimum absolute atomic E-state index is 0.00459. The van der Waals surface area contributed by atoms with E-state index in [4.69, 9.17) is 4.74 Å². The highest BCUT2D eigenvalue weighted by Gasteiger charge is 2.17. The molecule has 0 aromatic heterocycles. The molecule has 0 unspecified atom stereocenters. The Morgan fingerprint density at radius 1 is 1.23 bits per heavy atom. The first-order chi connectivity index (χ1) is 10.1. The van der Waals surface area contributed by atoms with Gasteiger partial charge in [0.25, 0.3) is 5.91 Å². The molecular weight excluding hydrogens is 291 g/mol. The summed E-state index contributed by atoms with van der Waals surface area (Å²) in [7, 11) is 0. The van der Waals surface area contributed by atoms with Gasteiger partial charge in [-0.2, -0.15) is 0 Å². The second kappa shape index (κ2) is 7.02. The van der Waals surface area contributed by atoms with Crippen molar-refractivity contribution < 1.29 is 23.5 Å². The molecule has 0 bridgehead atoms. The second-order valence-corrected chi connectivity index (χ2v) is 5.79. The number of hydrogen-bond acceptors (Lipinski definition) is 4. The first kappa shape index (κ1) is 17.6. The predicted octanol–water partition coefficient (Wildman–Crippen LogP) is 1.92. The number of carbonyl (C=O) groups excluding carboxylic acids is 3. The van der Waals surface area contributed by atoms with Gasteiger partial charge >= 0.3 is 12.0 Å². The first-order valence-corrected chi connectivity index (χ1v) is 6.64. The number of nitrogens with one attached hydrogen (secondary N) is 2. The zero-order valence-corrected chi connectivity index (χ0v) is 13.0. The molecule has 1 rings (SSSR count). The lowest BCUT2D eigenvalue weighted by atomic mass is 10.1. The lowest BCUT2D eigenvalue weighted by Gasteiger charge is -2.20. The van der Waals surface area contributed by atoms with Gasteiger partial charge in [-0.25, -0.2) is 14.0 Å². The molecule has 22 heavy (non-hydrogen) atoms. The summed E-state index contributed by atoms with van der Waals surface area (Å²) in [4.78, 5) is 34.6. The normalized spacial score (nSPS) is 10.8. The Balaban J connectivity index is 2.48. The van der Waals surface area contributed by atoms with Crippen LogP contribution in [0.2, 0.25) is 0 Å². The van der Waals surface area contributed by atoms with Crippen molar-refractivity contribution in [2.24, 2.45) is 0 Å². The van der Waals surface area contributed by atoms with Crippen molar-refractivity contribution in [1.29, 1.82) is 0 Å². The van der Waals surface area contributed by atoms with E-state index in [0.29, 0.717) is 5.56 Å². The Bertz CT molecular complexity index is 594.